The average molecular weight is 387 g/mol. The first-order chi connectivity index (χ1) is 13.3. The lowest BCUT2D eigenvalue weighted by atomic mass is 10.2. The van der Waals surface area contributed by atoms with Gasteiger partial charge in [0.1, 0.15) is 0 Å². The highest BCUT2D eigenvalue weighted by atomic mass is 32.2. The molecule has 3 aromatic heterocycles. The molecule has 5 rings (SSSR count). The molecule has 0 aliphatic rings. The lowest BCUT2D eigenvalue weighted by Crippen LogP contribution is -1.93. The molecule has 0 unspecified atom stereocenters. The number of nitrogens with one attached hydrogen (secondary N) is 1. The van der Waals surface area contributed by atoms with Gasteiger partial charge in [-0.05, 0) is 60.3 Å². The van der Waals surface area contributed by atoms with Gasteiger partial charge in [-0.1, -0.05) is 0 Å². The number of rotatable bonds is 4. The summed E-state index contributed by atoms with van der Waals surface area (Å²) in [6.45, 7) is 0. The Kier molecular flexibility index (Phi) is 4.16. The molecule has 0 fully saturated rings. The summed E-state index contributed by atoms with van der Waals surface area (Å²) in [5.74, 6) is 0. The first kappa shape index (κ1) is 16.2. The van der Waals surface area contributed by atoms with Gasteiger partial charge in [-0.15, -0.1) is 11.3 Å². The highest BCUT2D eigenvalue weighted by molar-refractivity contribution is 7.99. The van der Waals surface area contributed by atoms with E-state index in [1.807, 2.05) is 36.0 Å². The lowest BCUT2D eigenvalue weighted by Gasteiger charge is -2.10. The molecule has 27 heavy (non-hydrogen) atoms. The molecule has 0 saturated heterocycles. The van der Waals surface area contributed by atoms with Crippen LogP contribution in [0.2, 0.25) is 0 Å². The molecule has 0 aliphatic carbocycles. The zero-order chi connectivity index (χ0) is 18.1. The van der Waals surface area contributed by atoms with Crippen LogP contribution in [0.3, 0.4) is 0 Å². The monoisotopic (exact) mass is 387 g/mol. The van der Waals surface area contributed by atoms with Crippen LogP contribution in [0.15, 0.2) is 82.7 Å². The maximum absolute atomic E-state index is 4.48. The van der Waals surface area contributed by atoms with Crippen molar-refractivity contribution in [3.63, 3.8) is 0 Å². The molecule has 0 aliphatic heterocycles. The van der Waals surface area contributed by atoms with E-state index < -0.39 is 0 Å². The molecule has 7 heteroatoms. The molecule has 0 bridgehead atoms. The van der Waals surface area contributed by atoms with Gasteiger partial charge in [0.2, 0.25) is 0 Å². The maximum atomic E-state index is 4.48. The van der Waals surface area contributed by atoms with Crippen molar-refractivity contribution >= 4 is 55.6 Å². The Balaban J connectivity index is 1.52. The molecule has 1 N–H and O–H groups in total. The Morgan fingerprint density at radius 2 is 1.74 bits per heavy atom. The first-order valence-electron chi connectivity index (χ1n) is 8.29. The molecular formula is C20H13N5S2. The van der Waals surface area contributed by atoms with Crippen molar-refractivity contribution in [2.45, 2.75) is 10.1 Å². The van der Waals surface area contributed by atoms with Crippen molar-refractivity contribution < 1.29 is 0 Å². The van der Waals surface area contributed by atoms with Crippen molar-refractivity contribution in [1.82, 2.24) is 19.9 Å². The summed E-state index contributed by atoms with van der Waals surface area (Å²) in [5.41, 5.74) is 5.82. The molecule has 0 amide bonds. The normalized spacial score (nSPS) is 11.1. The molecule has 130 valence electrons. The second-order valence-corrected chi connectivity index (χ2v) is 7.76. The summed E-state index contributed by atoms with van der Waals surface area (Å²) in [4.78, 5) is 18.5. The van der Waals surface area contributed by atoms with Crippen LogP contribution in [0.5, 0.6) is 0 Å². The highest BCUT2D eigenvalue weighted by Crippen LogP contribution is 2.32. The Morgan fingerprint density at radius 1 is 0.815 bits per heavy atom. The van der Waals surface area contributed by atoms with Gasteiger partial charge in [0, 0.05) is 40.2 Å². The fourth-order valence-corrected chi connectivity index (χ4v) is 4.24. The standard InChI is InChI=1S/C20H13N5S2/c1-7-22-20(23-8-1)27-14-3-4-16-15(11-14)17(6-9-21-16)25-13-2-5-19-18(10-13)24-12-26-19/h1-12H,(H,21,25). The summed E-state index contributed by atoms with van der Waals surface area (Å²) in [6.07, 6.45) is 5.32. The number of pyridine rings is 1. The summed E-state index contributed by atoms with van der Waals surface area (Å²) < 4.78 is 1.18. The number of aromatic nitrogens is 4. The summed E-state index contributed by atoms with van der Waals surface area (Å²) in [6, 6.07) is 16.2. The fourth-order valence-electron chi connectivity index (χ4n) is 2.83. The topological polar surface area (TPSA) is 63.6 Å². The predicted octanol–water partition coefficient (Wildman–Crippen LogP) is 5.53. The van der Waals surface area contributed by atoms with E-state index in [1.54, 1.807) is 23.7 Å². The molecule has 0 saturated carbocycles. The Labute approximate surface area is 163 Å². The number of benzene rings is 2. The van der Waals surface area contributed by atoms with E-state index in [0.717, 1.165) is 37.8 Å². The number of hydrogen-bond donors (Lipinski definition) is 1. The van der Waals surface area contributed by atoms with E-state index >= 15 is 0 Å². The minimum atomic E-state index is 0.726. The van der Waals surface area contributed by atoms with Gasteiger partial charge >= 0.3 is 0 Å². The van der Waals surface area contributed by atoms with E-state index in [0.29, 0.717) is 0 Å². The van der Waals surface area contributed by atoms with Crippen LogP contribution in [0.4, 0.5) is 11.4 Å². The van der Waals surface area contributed by atoms with E-state index in [9.17, 15) is 0 Å². The molecule has 3 heterocycles. The number of thiazole rings is 1. The smallest absolute Gasteiger partial charge is 0.192 e. The minimum absolute atomic E-state index is 0.726. The second kappa shape index (κ2) is 6.94. The Hall–Kier alpha value is -3.03. The van der Waals surface area contributed by atoms with Gasteiger partial charge in [-0.2, -0.15) is 0 Å². The molecule has 5 aromatic rings. The van der Waals surface area contributed by atoms with Crippen LogP contribution >= 0.6 is 23.1 Å². The molecular weight excluding hydrogens is 374 g/mol. The van der Waals surface area contributed by atoms with Gasteiger partial charge in [-0.25, -0.2) is 15.0 Å². The Morgan fingerprint density at radius 3 is 2.67 bits per heavy atom. The lowest BCUT2D eigenvalue weighted by molar-refractivity contribution is 0.967. The highest BCUT2D eigenvalue weighted by Gasteiger charge is 2.07. The number of anilines is 2. The van der Waals surface area contributed by atoms with Crippen LogP contribution in [0.25, 0.3) is 21.1 Å². The average Bonchev–Trinajstić information content (AvgIpc) is 3.17. The zero-order valence-electron chi connectivity index (χ0n) is 14.0. The third-order valence-corrected chi connectivity index (χ3v) is 5.77. The summed E-state index contributed by atoms with van der Waals surface area (Å²) in [5, 5.41) is 5.28. The van der Waals surface area contributed by atoms with Gasteiger partial charge in [0.15, 0.2) is 5.16 Å². The van der Waals surface area contributed by atoms with Gasteiger partial charge in [0.25, 0.3) is 0 Å². The molecule has 0 spiro atoms. The van der Waals surface area contributed by atoms with Crippen LogP contribution in [-0.2, 0) is 0 Å². The van der Waals surface area contributed by atoms with E-state index in [-0.39, 0.29) is 0 Å². The van der Waals surface area contributed by atoms with Crippen molar-refractivity contribution in [1.29, 1.82) is 0 Å². The van der Waals surface area contributed by atoms with Crippen molar-refractivity contribution in [3.8, 4) is 0 Å². The maximum Gasteiger partial charge on any atom is 0.192 e. The SMILES string of the molecule is c1cnc(Sc2ccc3nccc(Nc4ccc5scnc5c4)c3c2)nc1. The summed E-state index contributed by atoms with van der Waals surface area (Å²) in [7, 11) is 0. The molecule has 0 radical (unpaired) electrons. The van der Waals surface area contributed by atoms with Crippen molar-refractivity contribution in [2.75, 3.05) is 5.32 Å². The molecule has 2 aromatic carbocycles. The van der Waals surface area contributed by atoms with Gasteiger partial charge < -0.3 is 5.32 Å². The van der Waals surface area contributed by atoms with Crippen LogP contribution in [-0.4, -0.2) is 19.9 Å². The molecule has 5 nitrogen and oxygen atoms in total. The van der Waals surface area contributed by atoms with Crippen molar-refractivity contribution in [2.24, 2.45) is 0 Å². The van der Waals surface area contributed by atoms with Crippen LogP contribution < -0.4 is 5.32 Å². The van der Waals surface area contributed by atoms with E-state index in [1.165, 1.54) is 16.5 Å². The largest absolute Gasteiger partial charge is 0.355 e. The Bertz CT molecular complexity index is 1240. The van der Waals surface area contributed by atoms with Crippen LogP contribution in [0, 0.1) is 0 Å². The van der Waals surface area contributed by atoms with E-state index in [2.05, 4.69) is 49.5 Å². The van der Waals surface area contributed by atoms with Gasteiger partial charge in [-0.3, -0.25) is 4.98 Å². The van der Waals surface area contributed by atoms with Crippen molar-refractivity contribution in [3.05, 3.63) is 72.6 Å². The quantitative estimate of drug-likeness (QED) is 0.409. The predicted molar refractivity (Wildman–Crippen MR) is 111 cm³/mol. The second-order valence-electron chi connectivity index (χ2n) is 5.83. The van der Waals surface area contributed by atoms with E-state index in [4.69, 9.17) is 0 Å². The first-order valence-corrected chi connectivity index (χ1v) is 9.99. The zero-order valence-corrected chi connectivity index (χ0v) is 15.7. The molecule has 0 atom stereocenters. The number of nitrogens with zero attached hydrogens (tertiary/aromatic N) is 4. The third kappa shape index (κ3) is 3.34. The van der Waals surface area contributed by atoms with Crippen LogP contribution in [0.1, 0.15) is 0 Å². The minimum Gasteiger partial charge on any atom is -0.355 e. The van der Waals surface area contributed by atoms with Gasteiger partial charge in [0.05, 0.1) is 21.2 Å². The number of fused-ring (bicyclic) bond motifs is 2. The third-order valence-electron chi connectivity index (χ3n) is 4.07. The summed E-state index contributed by atoms with van der Waals surface area (Å²) >= 11 is 3.18. The fraction of sp³-hybridized carbons (Fsp3) is 0. The number of hydrogen-bond acceptors (Lipinski definition) is 7.